The molecule has 0 radical (unpaired) electrons. The van der Waals surface area contributed by atoms with E-state index in [9.17, 15) is 13.2 Å². The summed E-state index contributed by atoms with van der Waals surface area (Å²) in [6.45, 7) is 23.0. The summed E-state index contributed by atoms with van der Waals surface area (Å²) < 4.78 is 29.2. The first kappa shape index (κ1) is 33.4. The molecular formula is C28H55N3O6S. The van der Waals surface area contributed by atoms with Crippen molar-refractivity contribution in [2.75, 3.05) is 25.2 Å². The van der Waals surface area contributed by atoms with Crippen molar-refractivity contribution in [1.29, 1.82) is 0 Å². The quantitative estimate of drug-likeness (QED) is 0.353. The molecule has 3 aliphatic heterocycles. The number of hydrogen-bond donors (Lipinski definition) is 1. The summed E-state index contributed by atoms with van der Waals surface area (Å²) in [5.41, 5.74) is -2.60. The Bertz CT molecular complexity index is 900. The van der Waals surface area contributed by atoms with E-state index in [2.05, 4.69) is 45.0 Å². The van der Waals surface area contributed by atoms with E-state index < -0.39 is 32.2 Å². The van der Waals surface area contributed by atoms with Gasteiger partial charge in [0.25, 0.3) is 0 Å². The molecule has 10 heteroatoms. The molecule has 0 bridgehead atoms. The predicted octanol–water partition coefficient (Wildman–Crippen LogP) is 4.61. The van der Waals surface area contributed by atoms with Crippen molar-refractivity contribution in [3.63, 3.8) is 0 Å². The Morgan fingerprint density at radius 2 is 1.32 bits per heavy atom. The third-order valence-corrected chi connectivity index (χ3v) is 9.81. The van der Waals surface area contributed by atoms with Gasteiger partial charge in [0.15, 0.2) is 15.6 Å². The molecule has 0 unspecified atom stereocenters. The Morgan fingerprint density at radius 3 is 1.71 bits per heavy atom. The zero-order valence-electron chi connectivity index (χ0n) is 26.1. The number of ether oxygens (including phenoxy) is 1. The zero-order valence-corrected chi connectivity index (χ0v) is 26.9. The summed E-state index contributed by atoms with van der Waals surface area (Å²) in [5.74, 6) is 0.136. The van der Waals surface area contributed by atoms with Crippen LogP contribution in [0.5, 0.6) is 0 Å². The molecule has 0 atom stereocenters. The highest BCUT2D eigenvalue weighted by molar-refractivity contribution is 7.91. The fourth-order valence-electron chi connectivity index (χ4n) is 7.13. The highest BCUT2D eigenvalue weighted by Gasteiger charge is 2.61. The van der Waals surface area contributed by atoms with Crippen LogP contribution in [0.2, 0.25) is 0 Å². The summed E-state index contributed by atoms with van der Waals surface area (Å²) >= 11 is 0. The smallest absolute Gasteiger partial charge is 0.327 e. The fraction of sp³-hybridized carbons (Fsp3) is 0.964. The maximum Gasteiger partial charge on any atom is 0.327 e. The van der Waals surface area contributed by atoms with Gasteiger partial charge in [0.2, 0.25) is 0 Å². The van der Waals surface area contributed by atoms with Gasteiger partial charge in [-0.25, -0.2) is 8.42 Å². The van der Waals surface area contributed by atoms with Gasteiger partial charge in [-0.05, 0) is 75.7 Å². The SMILES string of the molecule is CCCCCCON1C(C)(C)CC2(CC1(C)C)NC(C)(C)C(=O)O2.CON1C(C)(C)CS(=O)(=O)CC1(C)C. The van der Waals surface area contributed by atoms with Gasteiger partial charge >= 0.3 is 5.97 Å². The summed E-state index contributed by atoms with van der Waals surface area (Å²) in [5, 5.41) is 7.37. The van der Waals surface area contributed by atoms with Crippen molar-refractivity contribution < 1.29 is 27.6 Å². The first-order valence-corrected chi connectivity index (χ1v) is 15.9. The Hall–Kier alpha value is -0.780. The van der Waals surface area contributed by atoms with E-state index in [1.165, 1.54) is 19.3 Å². The van der Waals surface area contributed by atoms with Gasteiger partial charge in [-0.1, -0.05) is 26.2 Å². The van der Waals surface area contributed by atoms with Crippen molar-refractivity contribution in [3.8, 4) is 0 Å². The first-order valence-electron chi connectivity index (χ1n) is 14.1. The second-order valence-corrected chi connectivity index (χ2v) is 16.5. The van der Waals surface area contributed by atoms with Crippen molar-refractivity contribution in [2.45, 2.75) is 148 Å². The number of esters is 1. The third kappa shape index (κ3) is 7.69. The predicted molar refractivity (Wildman–Crippen MR) is 151 cm³/mol. The van der Waals surface area contributed by atoms with Gasteiger partial charge in [0, 0.05) is 23.9 Å². The maximum absolute atomic E-state index is 12.2. The van der Waals surface area contributed by atoms with Crippen LogP contribution in [-0.2, 0) is 29.0 Å². The van der Waals surface area contributed by atoms with Gasteiger partial charge in [0.1, 0.15) is 5.54 Å². The average Bonchev–Trinajstić information content (AvgIpc) is 2.86. The largest absolute Gasteiger partial charge is 0.442 e. The molecule has 9 nitrogen and oxygen atoms in total. The minimum Gasteiger partial charge on any atom is -0.442 e. The molecule has 3 rings (SSSR count). The molecule has 224 valence electrons. The molecule has 0 saturated carbocycles. The minimum absolute atomic E-state index is 0.150. The summed E-state index contributed by atoms with van der Waals surface area (Å²) in [6.07, 6.45) is 6.22. The van der Waals surface area contributed by atoms with Crippen LogP contribution in [-0.4, -0.2) is 83.2 Å². The van der Waals surface area contributed by atoms with E-state index in [-0.39, 0.29) is 28.6 Å². The molecule has 0 aliphatic carbocycles. The van der Waals surface area contributed by atoms with Gasteiger partial charge in [-0.15, -0.1) is 0 Å². The van der Waals surface area contributed by atoms with E-state index in [1.807, 2.05) is 41.5 Å². The van der Waals surface area contributed by atoms with Gasteiger partial charge in [0.05, 0.1) is 36.3 Å². The molecular weight excluding hydrogens is 506 g/mol. The number of carbonyl (C=O) groups is 1. The molecule has 0 aromatic heterocycles. The van der Waals surface area contributed by atoms with Crippen molar-refractivity contribution in [2.24, 2.45) is 0 Å². The normalized spacial score (nSPS) is 28.4. The molecule has 3 heterocycles. The molecule has 3 fully saturated rings. The molecule has 1 N–H and O–H groups in total. The maximum atomic E-state index is 12.2. The van der Waals surface area contributed by atoms with Crippen LogP contribution in [0.15, 0.2) is 0 Å². The second-order valence-electron chi connectivity index (χ2n) is 14.4. The molecule has 3 saturated heterocycles. The Balaban J connectivity index is 0.000000308. The average molecular weight is 562 g/mol. The number of piperidine rings is 1. The second kappa shape index (κ2) is 11.2. The van der Waals surface area contributed by atoms with Crippen LogP contribution >= 0.6 is 0 Å². The van der Waals surface area contributed by atoms with Crippen molar-refractivity contribution in [3.05, 3.63) is 0 Å². The van der Waals surface area contributed by atoms with E-state index in [4.69, 9.17) is 14.4 Å². The van der Waals surface area contributed by atoms with Crippen LogP contribution in [0, 0.1) is 0 Å². The van der Waals surface area contributed by atoms with Crippen LogP contribution in [0.1, 0.15) is 115 Å². The van der Waals surface area contributed by atoms with Crippen molar-refractivity contribution in [1.82, 2.24) is 15.4 Å². The standard InChI is InChI=1S/C19H36N2O3.C9H19NO3S/c1-8-9-10-11-12-23-21-16(2,3)13-19(14-17(21,4)5)20-18(6,7)15(22)24-19;1-8(2)6-14(11,12)7-9(3,4)10(8)13-5/h20H,8-14H2,1-7H3;6-7H2,1-5H3. The Kier molecular flexibility index (Phi) is 9.89. The summed E-state index contributed by atoms with van der Waals surface area (Å²) in [4.78, 5) is 23.7. The number of nitrogens with one attached hydrogen (secondary N) is 1. The number of sulfone groups is 1. The lowest BCUT2D eigenvalue weighted by molar-refractivity contribution is -0.306. The van der Waals surface area contributed by atoms with Gasteiger partial charge in [-0.3, -0.25) is 14.9 Å². The Labute approximate surface area is 232 Å². The number of unbranched alkanes of at least 4 members (excludes halogenated alkanes) is 3. The molecule has 0 aromatic rings. The molecule has 0 amide bonds. The lowest BCUT2D eigenvalue weighted by Gasteiger charge is -2.56. The molecule has 0 aromatic carbocycles. The van der Waals surface area contributed by atoms with Gasteiger partial charge < -0.3 is 9.57 Å². The topological polar surface area (TPSA) is 97.4 Å². The first-order chi connectivity index (χ1) is 17.0. The number of carbonyl (C=O) groups excluding carboxylic acids is 1. The van der Waals surface area contributed by atoms with E-state index >= 15 is 0 Å². The van der Waals surface area contributed by atoms with E-state index in [0.717, 1.165) is 13.0 Å². The number of hydroxylamine groups is 4. The van der Waals surface area contributed by atoms with E-state index in [0.29, 0.717) is 12.8 Å². The lowest BCUT2D eigenvalue weighted by Crippen LogP contribution is -2.68. The lowest BCUT2D eigenvalue weighted by atomic mass is 9.76. The van der Waals surface area contributed by atoms with Crippen LogP contribution in [0.4, 0.5) is 0 Å². The molecule has 3 aliphatic rings. The number of rotatable bonds is 7. The molecule has 38 heavy (non-hydrogen) atoms. The molecule has 1 spiro atoms. The highest BCUT2D eigenvalue weighted by Crippen LogP contribution is 2.47. The summed E-state index contributed by atoms with van der Waals surface area (Å²) in [7, 11) is -1.38. The minimum atomic E-state index is -2.96. The van der Waals surface area contributed by atoms with Crippen LogP contribution in [0.25, 0.3) is 0 Å². The highest BCUT2D eigenvalue weighted by atomic mass is 32.2. The van der Waals surface area contributed by atoms with Crippen LogP contribution in [0.3, 0.4) is 0 Å². The van der Waals surface area contributed by atoms with E-state index in [1.54, 1.807) is 12.2 Å². The number of nitrogens with zero attached hydrogens (tertiary/aromatic N) is 2. The number of hydrogen-bond acceptors (Lipinski definition) is 9. The van der Waals surface area contributed by atoms with Crippen molar-refractivity contribution >= 4 is 15.8 Å². The third-order valence-electron chi connectivity index (χ3n) is 7.52. The summed E-state index contributed by atoms with van der Waals surface area (Å²) in [6, 6.07) is 0. The fourth-order valence-corrected chi connectivity index (χ4v) is 9.62. The van der Waals surface area contributed by atoms with Crippen LogP contribution < -0.4 is 5.32 Å². The Morgan fingerprint density at radius 1 is 0.816 bits per heavy atom. The van der Waals surface area contributed by atoms with Gasteiger partial charge in [-0.2, -0.15) is 10.1 Å². The zero-order chi connectivity index (χ0) is 29.4. The monoisotopic (exact) mass is 561 g/mol.